The Morgan fingerprint density at radius 3 is 1.91 bits per heavy atom. The average molecular weight is 647 g/mol. The van der Waals surface area contributed by atoms with Gasteiger partial charge in [-0.25, -0.2) is 14.0 Å². The van der Waals surface area contributed by atoms with Gasteiger partial charge in [-0.15, -0.1) is 0 Å². The molecule has 0 radical (unpaired) electrons. The van der Waals surface area contributed by atoms with Crippen molar-refractivity contribution in [2.24, 2.45) is 0 Å². The highest BCUT2D eigenvalue weighted by molar-refractivity contribution is 5.92. The number of benzene rings is 3. The topological polar surface area (TPSA) is 71.1 Å². The van der Waals surface area contributed by atoms with E-state index in [1.54, 1.807) is 12.1 Å². The predicted octanol–water partition coefficient (Wildman–Crippen LogP) is 9.75. The molecule has 0 aliphatic carbocycles. The van der Waals surface area contributed by atoms with E-state index in [0.29, 0.717) is 19.1 Å². The van der Waals surface area contributed by atoms with E-state index in [4.69, 9.17) is 14.2 Å². The molecule has 0 aliphatic heterocycles. The first-order valence-corrected chi connectivity index (χ1v) is 15.7. The molecular formula is C36H42F4O6. The smallest absolute Gasteiger partial charge is 0.425 e. The standard InChI is InChI=1S/C36H42F4O6/c1-3-4-5-6-7-8-10-24-44-30-20-17-27(18-21-30)26-13-15-28(16-14-26)34(41)45-32-22-19-29(25-31(32)37)35(42)46-33(36(38,39)40)12-9-11-23-43-2/h13-22,25,33H,3-12,23-24H2,1-2H3. The minimum atomic E-state index is -4.78. The third kappa shape index (κ3) is 12.1. The largest absolute Gasteiger partial charge is 0.494 e. The summed E-state index contributed by atoms with van der Waals surface area (Å²) < 4.78 is 75.2. The first-order valence-electron chi connectivity index (χ1n) is 15.7. The SMILES string of the molecule is CCCCCCCCCOc1ccc(-c2ccc(C(=O)Oc3ccc(C(=O)OC(CCCCOC)C(F)(F)F)cc3F)cc2)cc1. The first kappa shape index (κ1) is 36.5. The van der Waals surface area contributed by atoms with Crippen LogP contribution in [-0.2, 0) is 9.47 Å². The minimum absolute atomic E-state index is 0.121. The number of rotatable bonds is 19. The second-order valence-corrected chi connectivity index (χ2v) is 11.0. The van der Waals surface area contributed by atoms with Crippen LogP contribution < -0.4 is 9.47 Å². The second-order valence-electron chi connectivity index (χ2n) is 11.0. The molecule has 0 saturated carbocycles. The molecule has 0 heterocycles. The van der Waals surface area contributed by atoms with Gasteiger partial charge < -0.3 is 18.9 Å². The molecule has 0 aromatic heterocycles. The Labute approximate surface area is 268 Å². The van der Waals surface area contributed by atoms with Gasteiger partial charge in [0.15, 0.2) is 17.7 Å². The van der Waals surface area contributed by atoms with Crippen molar-refractivity contribution in [2.45, 2.75) is 83.4 Å². The lowest BCUT2D eigenvalue weighted by molar-refractivity contribution is -0.206. The van der Waals surface area contributed by atoms with Gasteiger partial charge in [-0.2, -0.15) is 13.2 Å². The van der Waals surface area contributed by atoms with E-state index in [-0.39, 0.29) is 18.6 Å². The molecule has 250 valence electrons. The number of halogens is 4. The molecule has 46 heavy (non-hydrogen) atoms. The Hall–Kier alpha value is -3.92. The van der Waals surface area contributed by atoms with Crippen LogP contribution in [0.5, 0.6) is 11.5 Å². The van der Waals surface area contributed by atoms with Crippen molar-refractivity contribution in [1.29, 1.82) is 0 Å². The summed E-state index contributed by atoms with van der Waals surface area (Å²) in [6, 6.07) is 16.9. The Bertz CT molecular complexity index is 1360. The number of carbonyl (C=O) groups excluding carboxylic acids is 2. The van der Waals surface area contributed by atoms with Gasteiger partial charge in [-0.05, 0) is 79.3 Å². The molecule has 0 N–H and O–H groups in total. The van der Waals surface area contributed by atoms with Gasteiger partial charge in [-0.1, -0.05) is 69.7 Å². The van der Waals surface area contributed by atoms with Crippen LogP contribution in [0.4, 0.5) is 17.6 Å². The summed E-state index contributed by atoms with van der Waals surface area (Å²) >= 11 is 0. The minimum Gasteiger partial charge on any atom is -0.494 e. The van der Waals surface area contributed by atoms with Gasteiger partial charge in [0.05, 0.1) is 17.7 Å². The molecule has 1 unspecified atom stereocenters. The molecule has 3 aromatic rings. The third-order valence-corrected chi connectivity index (χ3v) is 7.37. The van der Waals surface area contributed by atoms with E-state index >= 15 is 0 Å². The highest BCUT2D eigenvalue weighted by atomic mass is 19.4. The molecule has 1 atom stereocenters. The van der Waals surface area contributed by atoms with Crippen molar-refractivity contribution in [2.75, 3.05) is 20.3 Å². The Kier molecular flexibility index (Phi) is 15.0. The van der Waals surface area contributed by atoms with E-state index in [1.807, 2.05) is 24.3 Å². The molecule has 10 heteroatoms. The third-order valence-electron chi connectivity index (χ3n) is 7.37. The number of alkyl halides is 3. The number of hydrogen-bond donors (Lipinski definition) is 0. The molecule has 3 rings (SSSR count). The molecule has 3 aromatic carbocycles. The first-order chi connectivity index (χ1) is 22.1. The van der Waals surface area contributed by atoms with Crippen molar-refractivity contribution < 1.29 is 46.1 Å². The quantitative estimate of drug-likeness (QED) is 0.0559. The van der Waals surface area contributed by atoms with E-state index in [2.05, 4.69) is 11.7 Å². The zero-order valence-corrected chi connectivity index (χ0v) is 26.4. The number of ether oxygens (including phenoxy) is 4. The zero-order chi connectivity index (χ0) is 33.4. The summed E-state index contributed by atoms with van der Waals surface area (Å²) in [6.45, 7) is 3.16. The van der Waals surface area contributed by atoms with Crippen molar-refractivity contribution in [3.8, 4) is 22.6 Å². The lowest BCUT2D eigenvalue weighted by atomic mass is 10.0. The maximum absolute atomic E-state index is 14.7. The van der Waals surface area contributed by atoms with Crippen molar-refractivity contribution in [3.05, 3.63) is 83.7 Å². The number of carbonyl (C=O) groups is 2. The van der Waals surface area contributed by atoms with Crippen LogP contribution in [-0.4, -0.2) is 44.5 Å². The van der Waals surface area contributed by atoms with E-state index in [9.17, 15) is 27.2 Å². The van der Waals surface area contributed by atoms with E-state index < -0.39 is 47.8 Å². The van der Waals surface area contributed by atoms with Crippen LogP contribution in [0.3, 0.4) is 0 Å². The highest BCUT2D eigenvalue weighted by Gasteiger charge is 2.42. The van der Waals surface area contributed by atoms with Crippen LogP contribution in [0.1, 0.15) is 91.8 Å². The summed E-state index contributed by atoms with van der Waals surface area (Å²) in [5.41, 5.74) is 1.48. The van der Waals surface area contributed by atoms with Gasteiger partial charge >= 0.3 is 18.1 Å². The fraction of sp³-hybridized carbons (Fsp3) is 0.444. The van der Waals surface area contributed by atoms with E-state index in [0.717, 1.165) is 41.9 Å². The molecule has 0 amide bonds. The maximum atomic E-state index is 14.7. The van der Waals surface area contributed by atoms with Crippen molar-refractivity contribution in [3.63, 3.8) is 0 Å². The van der Waals surface area contributed by atoms with Gasteiger partial charge in [0.1, 0.15) is 5.75 Å². The molecule has 0 bridgehead atoms. The summed E-state index contributed by atoms with van der Waals surface area (Å²) in [6.07, 6.45) is 1.43. The monoisotopic (exact) mass is 646 g/mol. The molecule has 6 nitrogen and oxygen atoms in total. The van der Waals surface area contributed by atoms with Gasteiger partial charge in [-0.3, -0.25) is 0 Å². The Balaban J connectivity index is 1.51. The van der Waals surface area contributed by atoms with Crippen molar-refractivity contribution in [1.82, 2.24) is 0 Å². The predicted molar refractivity (Wildman–Crippen MR) is 168 cm³/mol. The molecule has 0 saturated heterocycles. The Morgan fingerprint density at radius 2 is 1.30 bits per heavy atom. The summed E-state index contributed by atoms with van der Waals surface area (Å²) in [4.78, 5) is 25.0. The van der Waals surface area contributed by atoms with Crippen LogP contribution in [0.15, 0.2) is 66.7 Å². The van der Waals surface area contributed by atoms with E-state index in [1.165, 1.54) is 51.3 Å². The lowest BCUT2D eigenvalue weighted by Gasteiger charge is -2.20. The molecule has 0 fully saturated rings. The zero-order valence-electron chi connectivity index (χ0n) is 26.4. The summed E-state index contributed by atoms with van der Waals surface area (Å²) in [7, 11) is 1.43. The van der Waals surface area contributed by atoms with Crippen LogP contribution >= 0.6 is 0 Å². The Morgan fingerprint density at radius 1 is 0.717 bits per heavy atom. The number of hydrogen-bond acceptors (Lipinski definition) is 6. The van der Waals surface area contributed by atoms with Gasteiger partial charge in [0.25, 0.3) is 0 Å². The normalized spacial score (nSPS) is 12.0. The fourth-order valence-electron chi connectivity index (χ4n) is 4.72. The fourth-order valence-corrected chi connectivity index (χ4v) is 4.72. The van der Waals surface area contributed by atoms with Crippen LogP contribution in [0.25, 0.3) is 11.1 Å². The number of esters is 2. The number of methoxy groups -OCH3 is 1. The highest BCUT2D eigenvalue weighted by Crippen LogP contribution is 2.29. The summed E-state index contributed by atoms with van der Waals surface area (Å²) in [5, 5.41) is 0. The van der Waals surface area contributed by atoms with Crippen LogP contribution in [0.2, 0.25) is 0 Å². The lowest BCUT2D eigenvalue weighted by Crippen LogP contribution is -2.34. The second kappa shape index (κ2) is 18.9. The average Bonchev–Trinajstić information content (AvgIpc) is 3.04. The molecule has 0 spiro atoms. The van der Waals surface area contributed by atoms with Gasteiger partial charge in [0, 0.05) is 13.7 Å². The molecule has 0 aliphatic rings. The van der Waals surface area contributed by atoms with Crippen LogP contribution in [0, 0.1) is 5.82 Å². The maximum Gasteiger partial charge on any atom is 0.425 e. The molecular weight excluding hydrogens is 604 g/mol. The summed E-state index contributed by atoms with van der Waals surface area (Å²) in [5.74, 6) is -2.98. The van der Waals surface area contributed by atoms with Crippen molar-refractivity contribution >= 4 is 11.9 Å². The number of unbranched alkanes of at least 4 members (excludes halogenated alkanes) is 7. The van der Waals surface area contributed by atoms with Gasteiger partial charge in [0.2, 0.25) is 0 Å².